The SMILES string of the molecule is CN(C)C(CNC(=O)NC1CCOCC1)c1cccs1. The summed E-state index contributed by atoms with van der Waals surface area (Å²) >= 11 is 1.72. The quantitative estimate of drug-likeness (QED) is 0.872. The number of amides is 2. The second-order valence-electron chi connectivity index (χ2n) is 5.24. The van der Waals surface area contributed by atoms with Gasteiger partial charge in [0.25, 0.3) is 0 Å². The van der Waals surface area contributed by atoms with Gasteiger partial charge in [-0.1, -0.05) is 6.07 Å². The molecule has 1 atom stereocenters. The summed E-state index contributed by atoms with van der Waals surface area (Å²) in [5, 5.41) is 8.05. The standard InChI is InChI=1S/C14H23N3O2S/c1-17(2)12(13-4-3-9-20-13)10-15-14(18)16-11-5-7-19-8-6-11/h3-4,9,11-12H,5-8,10H2,1-2H3,(H2,15,16,18). The molecule has 1 aromatic rings. The third-order valence-corrected chi connectivity index (χ3v) is 4.48. The number of carbonyl (C=O) groups is 1. The van der Waals surface area contributed by atoms with Crippen molar-refractivity contribution in [2.24, 2.45) is 0 Å². The summed E-state index contributed by atoms with van der Waals surface area (Å²) in [4.78, 5) is 15.3. The van der Waals surface area contributed by atoms with E-state index in [4.69, 9.17) is 4.74 Å². The highest BCUT2D eigenvalue weighted by Crippen LogP contribution is 2.22. The monoisotopic (exact) mass is 297 g/mol. The van der Waals surface area contributed by atoms with Crippen LogP contribution in [0.4, 0.5) is 4.79 Å². The molecule has 5 nitrogen and oxygen atoms in total. The van der Waals surface area contributed by atoms with Gasteiger partial charge < -0.3 is 20.3 Å². The summed E-state index contributed by atoms with van der Waals surface area (Å²) in [6.45, 7) is 2.09. The Morgan fingerprint density at radius 1 is 1.50 bits per heavy atom. The third kappa shape index (κ3) is 4.47. The molecule has 20 heavy (non-hydrogen) atoms. The fraction of sp³-hybridized carbons (Fsp3) is 0.643. The highest BCUT2D eigenvalue weighted by molar-refractivity contribution is 7.10. The van der Waals surface area contributed by atoms with E-state index in [0.717, 1.165) is 26.1 Å². The average Bonchev–Trinajstić information content (AvgIpc) is 2.93. The lowest BCUT2D eigenvalue weighted by Crippen LogP contribution is -2.46. The maximum absolute atomic E-state index is 11.9. The fourth-order valence-electron chi connectivity index (χ4n) is 2.29. The Labute approximate surface area is 124 Å². The average molecular weight is 297 g/mol. The van der Waals surface area contributed by atoms with Crippen molar-refractivity contribution in [1.29, 1.82) is 0 Å². The normalized spacial score (nSPS) is 17.9. The largest absolute Gasteiger partial charge is 0.381 e. The number of rotatable bonds is 5. The summed E-state index contributed by atoms with van der Waals surface area (Å²) in [6, 6.07) is 4.52. The van der Waals surface area contributed by atoms with Gasteiger partial charge in [-0.2, -0.15) is 0 Å². The van der Waals surface area contributed by atoms with E-state index < -0.39 is 0 Å². The van der Waals surface area contributed by atoms with Crippen LogP contribution in [-0.2, 0) is 4.74 Å². The number of likely N-dealkylation sites (N-methyl/N-ethyl adjacent to an activating group) is 1. The van der Waals surface area contributed by atoms with Crippen LogP contribution in [0, 0.1) is 0 Å². The van der Waals surface area contributed by atoms with Gasteiger partial charge in [0.1, 0.15) is 0 Å². The first kappa shape index (κ1) is 15.3. The van der Waals surface area contributed by atoms with Crippen molar-refractivity contribution in [1.82, 2.24) is 15.5 Å². The molecule has 1 saturated heterocycles. The molecule has 0 aromatic carbocycles. The van der Waals surface area contributed by atoms with Crippen molar-refractivity contribution in [3.63, 3.8) is 0 Å². The molecule has 2 rings (SSSR count). The molecule has 1 fully saturated rings. The van der Waals surface area contributed by atoms with Crippen LogP contribution in [0.25, 0.3) is 0 Å². The van der Waals surface area contributed by atoms with E-state index in [1.165, 1.54) is 4.88 Å². The second kappa shape index (κ2) is 7.61. The molecular weight excluding hydrogens is 274 g/mol. The third-order valence-electron chi connectivity index (χ3n) is 3.51. The predicted molar refractivity (Wildman–Crippen MR) is 81.1 cm³/mol. The van der Waals surface area contributed by atoms with Gasteiger partial charge >= 0.3 is 6.03 Å². The van der Waals surface area contributed by atoms with Crippen molar-refractivity contribution >= 4 is 17.4 Å². The van der Waals surface area contributed by atoms with Gasteiger partial charge in [-0.25, -0.2) is 4.79 Å². The Morgan fingerprint density at radius 3 is 2.85 bits per heavy atom. The number of ether oxygens (including phenoxy) is 1. The van der Waals surface area contributed by atoms with Gasteiger partial charge in [0.05, 0.1) is 6.04 Å². The number of hydrogen-bond acceptors (Lipinski definition) is 4. The zero-order valence-corrected chi connectivity index (χ0v) is 12.9. The van der Waals surface area contributed by atoms with E-state index in [0.29, 0.717) is 6.54 Å². The minimum atomic E-state index is -0.0830. The molecule has 0 saturated carbocycles. The zero-order chi connectivity index (χ0) is 14.4. The topological polar surface area (TPSA) is 53.6 Å². The van der Waals surface area contributed by atoms with Crippen LogP contribution in [0.2, 0.25) is 0 Å². The van der Waals surface area contributed by atoms with Crippen LogP contribution in [0.1, 0.15) is 23.8 Å². The van der Waals surface area contributed by atoms with Gasteiger partial charge in [-0.3, -0.25) is 0 Å². The highest BCUT2D eigenvalue weighted by Gasteiger charge is 2.19. The maximum atomic E-state index is 11.9. The molecular formula is C14H23N3O2S. The van der Waals surface area contributed by atoms with Gasteiger partial charge in [-0.15, -0.1) is 11.3 Å². The maximum Gasteiger partial charge on any atom is 0.315 e. The van der Waals surface area contributed by atoms with E-state index in [2.05, 4.69) is 27.0 Å². The van der Waals surface area contributed by atoms with Crippen LogP contribution < -0.4 is 10.6 Å². The summed E-state index contributed by atoms with van der Waals surface area (Å²) in [6.07, 6.45) is 1.80. The molecule has 0 radical (unpaired) electrons. The molecule has 112 valence electrons. The molecule has 6 heteroatoms. The summed E-state index contributed by atoms with van der Waals surface area (Å²) < 4.78 is 5.28. The molecule has 1 aliphatic rings. The number of nitrogens with one attached hydrogen (secondary N) is 2. The molecule has 1 aromatic heterocycles. The van der Waals surface area contributed by atoms with Gasteiger partial charge in [0.15, 0.2) is 0 Å². The number of nitrogens with zero attached hydrogens (tertiary/aromatic N) is 1. The van der Waals surface area contributed by atoms with Gasteiger partial charge in [0, 0.05) is 30.7 Å². The first-order valence-corrected chi connectivity index (χ1v) is 7.86. The lowest BCUT2D eigenvalue weighted by Gasteiger charge is -2.26. The lowest BCUT2D eigenvalue weighted by molar-refractivity contribution is 0.0800. The smallest absolute Gasteiger partial charge is 0.315 e. The molecule has 0 aliphatic carbocycles. The summed E-state index contributed by atoms with van der Waals surface area (Å²) in [7, 11) is 4.06. The van der Waals surface area contributed by atoms with Crippen molar-refractivity contribution in [2.75, 3.05) is 33.9 Å². The molecule has 1 unspecified atom stereocenters. The Kier molecular flexibility index (Phi) is 5.82. The van der Waals surface area contributed by atoms with Crippen molar-refractivity contribution in [3.8, 4) is 0 Å². The van der Waals surface area contributed by atoms with E-state index in [-0.39, 0.29) is 18.1 Å². The van der Waals surface area contributed by atoms with Crippen LogP contribution >= 0.6 is 11.3 Å². The number of urea groups is 1. The molecule has 2 amide bonds. The van der Waals surface area contributed by atoms with Gasteiger partial charge in [0.2, 0.25) is 0 Å². The zero-order valence-electron chi connectivity index (χ0n) is 12.1. The molecule has 2 N–H and O–H groups in total. The van der Waals surface area contributed by atoms with E-state index in [1.54, 1.807) is 11.3 Å². The first-order valence-electron chi connectivity index (χ1n) is 6.98. The Hall–Kier alpha value is -1.11. The lowest BCUT2D eigenvalue weighted by atomic mass is 10.1. The van der Waals surface area contributed by atoms with Crippen LogP contribution in [-0.4, -0.2) is 50.8 Å². The van der Waals surface area contributed by atoms with Crippen LogP contribution in [0.5, 0.6) is 0 Å². The minimum Gasteiger partial charge on any atom is -0.381 e. The fourth-order valence-corrected chi connectivity index (χ4v) is 3.21. The minimum absolute atomic E-state index is 0.0830. The van der Waals surface area contributed by atoms with E-state index in [1.807, 2.05) is 20.2 Å². The van der Waals surface area contributed by atoms with E-state index >= 15 is 0 Å². The second-order valence-corrected chi connectivity index (χ2v) is 6.22. The molecule has 0 spiro atoms. The first-order chi connectivity index (χ1) is 9.66. The summed E-state index contributed by atoms with van der Waals surface area (Å²) in [5.41, 5.74) is 0. The van der Waals surface area contributed by atoms with Crippen LogP contribution in [0.15, 0.2) is 17.5 Å². The Bertz CT molecular complexity index is 403. The molecule has 2 heterocycles. The molecule has 0 bridgehead atoms. The van der Waals surface area contributed by atoms with Gasteiger partial charge in [-0.05, 0) is 38.4 Å². The summed E-state index contributed by atoms with van der Waals surface area (Å²) in [5.74, 6) is 0. The van der Waals surface area contributed by atoms with Crippen LogP contribution in [0.3, 0.4) is 0 Å². The predicted octanol–water partition coefficient (Wildman–Crippen LogP) is 1.83. The number of hydrogen-bond donors (Lipinski definition) is 2. The number of thiophene rings is 1. The Balaban J connectivity index is 1.78. The van der Waals surface area contributed by atoms with E-state index in [9.17, 15) is 4.79 Å². The molecule has 1 aliphatic heterocycles. The highest BCUT2D eigenvalue weighted by atomic mass is 32.1. The number of carbonyl (C=O) groups excluding carboxylic acids is 1. The van der Waals surface area contributed by atoms with Crippen molar-refractivity contribution in [2.45, 2.75) is 24.9 Å². The Morgan fingerprint density at radius 2 is 2.25 bits per heavy atom. The van der Waals surface area contributed by atoms with Crippen molar-refractivity contribution < 1.29 is 9.53 Å². The van der Waals surface area contributed by atoms with Crippen molar-refractivity contribution in [3.05, 3.63) is 22.4 Å².